The molecule has 0 bridgehead atoms. The van der Waals surface area contributed by atoms with Crippen molar-refractivity contribution in [1.29, 1.82) is 0 Å². The quantitative estimate of drug-likeness (QED) is 0.813. The van der Waals surface area contributed by atoms with Gasteiger partial charge in [-0.25, -0.2) is 0 Å². The summed E-state index contributed by atoms with van der Waals surface area (Å²) in [6.07, 6.45) is 1.47. The van der Waals surface area contributed by atoms with Gasteiger partial charge < -0.3 is 9.73 Å². The van der Waals surface area contributed by atoms with Crippen molar-refractivity contribution in [1.82, 2.24) is 0 Å². The van der Waals surface area contributed by atoms with Crippen LogP contribution < -0.4 is 5.32 Å². The number of halogens is 1. The molecule has 1 aliphatic heterocycles. The Kier molecular flexibility index (Phi) is 2.68. The third kappa shape index (κ3) is 1.85. The Balaban J connectivity index is 2.11. The van der Waals surface area contributed by atoms with Crippen molar-refractivity contribution in [3.8, 4) is 0 Å². The number of anilines is 1. The SMILES string of the molecule is Cc1occc1C1C(=O)Nc2cc(Cl)ccc2C1=O. The van der Waals surface area contributed by atoms with E-state index in [1.54, 1.807) is 31.2 Å². The van der Waals surface area contributed by atoms with Gasteiger partial charge >= 0.3 is 0 Å². The van der Waals surface area contributed by atoms with Crippen LogP contribution in [0.15, 0.2) is 34.9 Å². The first-order valence-corrected chi connectivity index (χ1v) is 6.14. The van der Waals surface area contributed by atoms with E-state index in [4.69, 9.17) is 16.0 Å². The van der Waals surface area contributed by atoms with Gasteiger partial charge in [0.25, 0.3) is 0 Å². The van der Waals surface area contributed by atoms with Crippen LogP contribution in [0.1, 0.15) is 27.6 Å². The molecule has 1 aromatic heterocycles. The highest BCUT2D eigenvalue weighted by atomic mass is 35.5. The number of nitrogens with one attached hydrogen (secondary N) is 1. The molecule has 1 unspecified atom stereocenters. The zero-order chi connectivity index (χ0) is 13.6. The number of hydrogen-bond donors (Lipinski definition) is 1. The average Bonchev–Trinajstić information content (AvgIpc) is 2.75. The second kappa shape index (κ2) is 4.24. The van der Waals surface area contributed by atoms with Crippen molar-refractivity contribution in [2.45, 2.75) is 12.8 Å². The Bertz CT molecular complexity index is 690. The van der Waals surface area contributed by atoms with Crippen LogP contribution >= 0.6 is 11.6 Å². The topological polar surface area (TPSA) is 59.3 Å². The summed E-state index contributed by atoms with van der Waals surface area (Å²) in [6, 6.07) is 6.49. The third-order valence-electron chi connectivity index (χ3n) is 3.24. The fraction of sp³-hybridized carbons (Fsp3) is 0.143. The summed E-state index contributed by atoms with van der Waals surface area (Å²) in [7, 11) is 0. The lowest BCUT2D eigenvalue weighted by Crippen LogP contribution is -2.33. The van der Waals surface area contributed by atoms with E-state index in [2.05, 4.69) is 5.32 Å². The van der Waals surface area contributed by atoms with Gasteiger partial charge in [-0.05, 0) is 31.2 Å². The van der Waals surface area contributed by atoms with Gasteiger partial charge in [-0.2, -0.15) is 0 Å². The van der Waals surface area contributed by atoms with Gasteiger partial charge in [0.15, 0.2) is 5.78 Å². The maximum absolute atomic E-state index is 12.4. The Morgan fingerprint density at radius 1 is 1.26 bits per heavy atom. The second-order valence-electron chi connectivity index (χ2n) is 4.41. The van der Waals surface area contributed by atoms with Crippen LogP contribution in [0.2, 0.25) is 5.02 Å². The van der Waals surface area contributed by atoms with E-state index in [-0.39, 0.29) is 11.7 Å². The van der Waals surface area contributed by atoms with Crippen LogP contribution in [0.25, 0.3) is 0 Å². The molecule has 0 radical (unpaired) electrons. The smallest absolute Gasteiger partial charge is 0.239 e. The minimum atomic E-state index is -0.854. The normalized spacial score (nSPS) is 18.1. The van der Waals surface area contributed by atoms with Crippen LogP contribution in [0, 0.1) is 6.92 Å². The summed E-state index contributed by atoms with van der Waals surface area (Å²) >= 11 is 5.86. The first kappa shape index (κ1) is 12.0. The lowest BCUT2D eigenvalue weighted by Gasteiger charge is -2.23. The highest BCUT2D eigenvalue weighted by molar-refractivity contribution is 6.32. The number of ketones is 1. The average molecular weight is 276 g/mol. The third-order valence-corrected chi connectivity index (χ3v) is 3.47. The maximum atomic E-state index is 12.4. The van der Waals surface area contributed by atoms with Crippen LogP contribution in [-0.4, -0.2) is 11.7 Å². The number of carbonyl (C=O) groups excluding carboxylic acids is 2. The molecule has 1 aliphatic rings. The van der Waals surface area contributed by atoms with E-state index in [1.807, 2.05) is 0 Å². The highest BCUT2D eigenvalue weighted by Crippen LogP contribution is 2.34. The molecular weight excluding hydrogens is 266 g/mol. The molecule has 3 rings (SSSR count). The number of Topliss-reactive ketones (excluding diaryl/α,β-unsaturated/α-hetero) is 1. The number of furan rings is 1. The van der Waals surface area contributed by atoms with E-state index >= 15 is 0 Å². The predicted molar refractivity (Wildman–Crippen MR) is 70.6 cm³/mol. The summed E-state index contributed by atoms with van der Waals surface area (Å²) < 4.78 is 5.17. The number of carbonyl (C=O) groups is 2. The molecule has 96 valence electrons. The van der Waals surface area contributed by atoms with Crippen LogP contribution in [0.5, 0.6) is 0 Å². The Hall–Kier alpha value is -2.07. The second-order valence-corrected chi connectivity index (χ2v) is 4.84. The molecule has 19 heavy (non-hydrogen) atoms. The molecule has 1 amide bonds. The van der Waals surface area contributed by atoms with E-state index in [9.17, 15) is 9.59 Å². The first-order chi connectivity index (χ1) is 9.08. The van der Waals surface area contributed by atoms with Crippen molar-refractivity contribution in [2.24, 2.45) is 0 Å². The van der Waals surface area contributed by atoms with Gasteiger partial charge in [-0.3, -0.25) is 9.59 Å². The molecular formula is C14H10ClNO3. The van der Waals surface area contributed by atoms with Crippen LogP contribution in [0.4, 0.5) is 5.69 Å². The van der Waals surface area contributed by atoms with Gasteiger partial charge in [-0.1, -0.05) is 11.6 Å². The maximum Gasteiger partial charge on any atom is 0.239 e. The number of amides is 1. The summed E-state index contributed by atoms with van der Waals surface area (Å²) in [5.74, 6) is -0.873. The van der Waals surface area contributed by atoms with Crippen LogP contribution in [-0.2, 0) is 4.79 Å². The molecule has 0 spiro atoms. The molecule has 0 saturated heterocycles. The van der Waals surface area contributed by atoms with Gasteiger partial charge in [0, 0.05) is 16.1 Å². The number of fused-ring (bicyclic) bond motifs is 1. The zero-order valence-electron chi connectivity index (χ0n) is 10.1. The van der Waals surface area contributed by atoms with Crippen molar-refractivity contribution in [2.75, 3.05) is 5.32 Å². The molecule has 0 saturated carbocycles. The Morgan fingerprint density at radius 2 is 2.05 bits per heavy atom. The standard InChI is InChI=1S/C14H10ClNO3/c1-7-9(4-5-19-7)12-13(17)10-3-2-8(15)6-11(10)16-14(12)18/h2-6,12H,1H3,(H,16,18). The molecule has 1 aromatic carbocycles. The lowest BCUT2D eigenvalue weighted by atomic mass is 9.86. The Labute approximate surface area is 114 Å². The highest BCUT2D eigenvalue weighted by Gasteiger charge is 2.37. The van der Waals surface area contributed by atoms with E-state index in [1.165, 1.54) is 6.26 Å². The number of aryl methyl sites for hydroxylation is 1. The van der Waals surface area contributed by atoms with E-state index in [0.29, 0.717) is 27.6 Å². The van der Waals surface area contributed by atoms with E-state index < -0.39 is 5.92 Å². The first-order valence-electron chi connectivity index (χ1n) is 5.76. The minimum Gasteiger partial charge on any atom is -0.469 e. The molecule has 1 atom stereocenters. The summed E-state index contributed by atoms with van der Waals surface area (Å²) in [4.78, 5) is 24.6. The van der Waals surface area contributed by atoms with Gasteiger partial charge in [0.2, 0.25) is 5.91 Å². The fourth-order valence-corrected chi connectivity index (χ4v) is 2.46. The summed E-state index contributed by atoms with van der Waals surface area (Å²) in [5, 5.41) is 3.19. The zero-order valence-corrected chi connectivity index (χ0v) is 10.8. The number of benzene rings is 1. The fourth-order valence-electron chi connectivity index (χ4n) is 2.29. The monoisotopic (exact) mass is 275 g/mol. The van der Waals surface area contributed by atoms with E-state index in [0.717, 1.165) is 0 Å². The largest absolute Gasteiger partial charge is 0.469 e. The Morgan fingerprint density at radius 3 is 2.74 bits per heavy atom. The van der Waals surface area contributed by atoms with Crippen molar-refractivity contribution >= 4 is 29.0 Å². The number of hydrogen-bond acceptors (Lipinski definition) is 3. The summed E-state index contributed by atoms with van der Waals surface area (Å²) in [6.45, 7) is 1.73. The molecule has 4 nitrogen and oxygen atoms in total. The molecule has 0 aliphatic carbocycles. The van der Waals surface area contributed by atoms with Gasteiger partial charge in [-0.15, -0.1) is 0 Å². The van der Waals surface area contributed by atoms with Gasteiger partial charge in [0.1, 0.15) is 11.7 Å². The van der Waals surface area contributed by atoms with Crippen LogP contribution in [0.3, 0.4) is 0 Å². The molecule has 0 fully saturated rings. The molecule has 1 N–H and O–H groups in total. The minimum absolute atomic E-state index is 0.236. The predicted octanol–water partition coefficient (Wildman–Crippen LogP) is 3.16. The van der Waals surface area contributed by atoms with Crippen molar-refractivity contribution in [3.63, 3.8) is 0 Å². The molecule has 2 aromatic rings. The lowest BCUT2D eigenvalue weighted by molar-refractivity contribution is -0.116. The molecule has 2 heterocycles. The number of rotatable bonds is 1. The molecule has 5 heteroatoms. The van der Waals surface area contributed by atoms with Crippen molar-refractivity contribution in [3.05, 3.63) is 52.4 Å². The van der Waals surface area contributed by atoms with Gasteiger partial charge in [0.05, 0.1) is 12.0 Å². The summed E-state index contributed by atoms with van der Waals surface area (Å²) in [5.41, 5.74) is 1.53. The van der Waals surface area contributed by atoms with Crippen molar-refractivity contribution < 1.29 is 14.0 Å².